The van der Waals surface area contributed by atoms with Crippen LogP contribution in [-0.4, -0.2) is 22.9 Å². The number of nitrogens with zero attached hydrogens (tertiary/aromatic N) is 2. The molecular formula is C13H26N4. The van der Waals surface area contributed by atoms with Crippen LogP contribution in [0.15, 0.2) is 0 Å². The van der Waals surface area contributed by atoms with Gasteiger partial charge in [0.2, 0.25) is 0 Å². The van der Waals surface area contributed by atoms with Crippen molar-refractivity contribution >= 4 is 0 Å². The zero-order chi connectivity index (χ0) is 13.2. The summed E-state index contributed by atoms with van der Waals surface area (Å²) >= 11 is 0. The Balaban J connectivity index is 2.99. The summed E-state index contributed by atoms with van der Waals surface area (Å²) in [6.07, 6.45) is 0. The van der Waals surface area contributed by atoms with E-state index in [4.69, 9.17) is 11.5 Å². The van der Waals surface area contributed by atoms with E-state index in [1.165, 1.54) is 11.3 Å². The molecule has 1 heterocycles. The van der Waals surface area contributed by atoms with Gasteiger partial charge in [0.25, 0.3) is 0 Å². The maximum Gasteiger partial charge on any atom is 0.0631 e. The van der Waals surface area contributed by atoms with Gasteiger partial charge in [-0.15, -0.1) is 0 Å². The molecule has 17 heavy (non-hydrogen) atoms. The van der Waals surface area contributed by atoms with Gasteiger partial charge in [-0.25, -0.2) is 0 Å². The smallest absolute Gasteiger partial charge is 0.0631 e. The maximum absolute atomic E-state index is 5.78. The Morgan fingerprint density at radius 2 is 1.71 bits per heavy atom. The Bertz CT molecular complexity index is 366. The topological polar surface area (TPSA) is 69.9 Å². The normalized spacial score (nSPS) is 15.3. The van der Waals surface area contributed by atoms with Gasteiger partial charge in [0.05, 0.1) is 5.69 Å². The average molecular weight is 238 g/mol. The molecule has 4 heteroatoms. The highest BCUT2D eigenvalue weighted by molar-refractivity contribution is 5.28. The molecule has 0 amide bonds. The van der Waals surface area contributed by atoms with Crippen molar-refractivity contribution in [3.05, 3.63) is 17.0 Å². The van der Waals surface area contributed by atoms with Crippen molar-refractivity contribution in [2.75, 3.05) is 13.1 Å². The summed E-state index contributed by atoms with van der Waals surface area (Å²) in [6.45, 7) is 9.99. The number of nitrogens with two attached hydrogens (primary N) is 2. The van der Waals surface area contributed by atoms with Crippen molar-refractivity contribution in [3.8, 4) is 0 Å². The number of hydrogen-bond acceptors (Lipinski definition) is 3. The van der Waals surface area contributed by atoms with Gasteiger partial charge in [-0.1, -0.05) is 13.8 Å². The van der Waals surface area contributed by atoms with Crippen LogP contribution >= 0.6 is 0 Å². The SMILES string of the molecule is Cc1nn(C)c(C)c1C(C)C(C)C(CN)CN. The number of hydrogen-bond donors (Lipinski definition) is 2. The Morgan fingerprint density at radius 3 is 2.06 bits per heavy atom. The summed E-state index contributed by atoms with van der Waals surface area (Å²) in [6, 6.07) is 0. The molecule has 4 nitrogen and oxygen atoms in total. The average Bonchev–Trinajstić information content (AvgIpc) is 2.54. The Morgan fingerprint density at radius 1 is 1.18 bits per heavy atom. The highest BCUT2D eigenvalue weighted by Crippen LogP contribution is 2.32. The van der Waals surface area contributed by atoms with Crippen LogP contribution in [0.4, 0.5) is 0 Å². The fraction of sp³-hybridized carbons (Fsp3) is 0.769. The first-order valence-corrected chi connectivity index (χ1v) is 6.34. The minimum absolute atomic E-state index is 0.379. The molecule has 0 fully saturated rings. The van der Waals surface area contributed by atoms with Gasteiger partial charge in [0, 0.05) is 12.7 Å². The van der Waals surface area contributed by atoms with Gasteiger partial charge in [0.15, 0.2) is 0 Å². The van der Waals surface area contributed by atoms with E-state index >= 15 is 0 Å². The molecule has 0 aliphatic heterocycles. The van der Waals surface area contributed by atoms with Crippen molar-refractivity contribution in [2.45, 2.75) is 33.6 Å². The minimum atomic E-state index is 0.379. The molecule has 0 spiro atoms. The Kier molecular flexibility index (Phi) is 4.71. The zero-order valence-electron chi connectivity index (χ0n) is 11.7. The lowest BCUT2D eigenvalue weighted by atomic mass is 9.79. The molecular weight excluding hydrogens is 212 g/mol. The van der Waals surface area contributed by atoms with E-state index in [9.17, 15) is 0 Å². The molecule has 2 unspecified atom stereocenters. The third-order valence-corrected chi connectivity index (χ3v) is 4.16. The molecule has 0 bridgehead atoms. The standard InChI is InChI=1S/C13H26N4/c1-8(12(6-14)7-15)9(2)13-10(3)16-17(5)11(13)4/h8-9,12H,6-7,14-15H2,1-5H3. The predicted molar refractivity (Wildman–Crippen MR) is 71.9 cm³/mol. The van der Waals surface area contributed by atoms with Crippen LogP contribution in [-0.2, 0) is 7.05 Å². The lowest BCUT2D eigenvalue weighted by Gasteiger charge is -2.27. The molecule has 1 aromatic rings. The van der Waals surface area contributed by atoms with Gasteiger partial charge in [-0.2, -0.15) is 5.10 Å². The highest BCUT2D eigenvalue weighted by Gasteiger charge is 2.26. The second-order valence-electron chi connectivity index (χ2n) is 5.09. The molecule has 1 aromatic heterocycles. The van der Waals surface area contributed by atoms with Crippen LogP contribution in [0.1, 0.15) is 36.7 Å². The molecule has 0 aromatic carbocycles. The van der Waals surface area contributed by atoms with Crippen molar-refractivity contribution in [2.24, 2.45) is 30.4 Å². The van der Waals surface area contributed by atoms with Crippen LogP contribution in [0.3, 0.4) is 0 Å². The van der Waals surface area contributed by atoms with Gasteiger partial charge in [0.1, 0.15) is 0 Å². The quantitative estimate of drug-likeness (QED) is 0.812. The highest BCUT2D eigenvalue weighted by atomic mass is 15.3. The van der Waals surface area contributed by atoms with Crippen LogP contribution in [0.2, 0.25) is 0 Å². The summed E-state index contributed by atoms with van der Waals surface area (Å²) in [7, 11) is 1.99. The van der Waals surface area contributed by atoms with Gasteiger partial charge < -0.3 is 11.5 Å². The molecule has 0 aliphatic rings. The molecule has 0 saturated heterocycles. The van der Waals surface area contributed by atoms with Crippen molar-refractivity contribution < 1.29 is 0 Å². The van der Waals surface area contributed by atoms with Crippen molar-refractivity contribution in [1.82, 2.24) is 9.78 Å². The van der Waals surface area contributed by atoms with E-state index in [-0.39, 0.29) is 0 Å². The number of aryl methyl sites for hydroxylation is 2. The second-order valence-corrected chi connectivity index (χ2v) is 5.09. The predicted octanol–water partition coefficient (Wildman–Crippen LogP) is 1.31. The molecule has 1 rings (SSSR count). The molecule has 0 radical (unpaired) electrons. The fourth-order valence-corrected chi connectivity index (χ4v) is 2.65. The molecule has 2 atom stereocenters. The lowest BCUT2D eigenvalue weighted by molar-refractivity contribution is 0.327. The van der Waals surface area contributed by atoms with E-state index in [0.717, 1.165) is 5.69 Å². The summed E-state index contributed by atoms with van der Waals surface area (Å²) in [5.41, 5.74) is 15.3. The van der Waals surface area contributed by atoms with Crippen LogP contribution in [0.25, 0.3) is 0 Å². The molecule has 0 aliphatic carbocycles. The first-order chi connectivity index (χ1) is 7.93. The Hall–Kier alpha value is -0.870. The Labute approximate surface area is 104 Å². The summed E-state index contributed by atoms with van der Waals surface area (Å²) < 4.78 is 1.95. The molecule has 4 N–H and O–H groups in total. The molecule has 98 valence electrons. The van der Waals surface area contributed by atoms with E-state index < -0.39 is 0 Å². The van der Waals surface area contributed by atoms with Crippen LogP contribution in [0.5, 0.6) is 0 Å². The van der Waals surface area contributed by atoms with Crippen LogP contribution < -0.4 is 11.5 Å². The first-order valence-electron chi connectivity index (χ1n) is 6.34. The monoisotopic (exact) mass is 238 g/mol. The minimum Gasteiger partial charge on any atom is -0.330 e. The number of rotatable bonds is 5. The van der Waals surface area contributed by atoms with Gasteiger partial charge in [-0.3, -0.25) is 4.68 Å². The largest absolute Gasteiger partial charge is 0.330 e. The third-order valence-electron chi connectivity index (χ3n) is 4.16. The van der Waals surface area contributed by atoms with E-state index in [0.29, 0.717) is 30.8 Å². The molecule has 0 saturated carbocycles. The fourth-order valence-electron chi connectivity index (χ4n) is 2.65. The maximum atomic E-state index is 5.78. The van der Waals surface area contributed by atoms with Crippen LogP contribution in [0, 0.1) is 25.7 Å². The van der Waals surface area contributed by atoms with Crippen molar-refractivity contribution in [1.29, 1.82) is 0 Å². The first kappa shape index (κ1) is 14.2. The van der Waals surface area contributed by atoms with Gasteiger partial charge >= 0.3 is 0 Å². The van der Waals surface area contributed by atoms with Crippen molar-refractivity contribution in [3.63, 3.8) is 0 Å². The second kappa shape index (κ2) is 5.65. The van der Waals surface area contributed by atoms with E-state index in [2.05, 4.69) is 32.8 Å². The van der Waals surface area contributed by atoms with E-state index in [1.54, 1.807) is 0 Å². The summed E-state index contributed by atoms with van der Waals surface area (Å²) in [5.74, 6) is 1.30. The van der Waals surface area contributed by atoms with Gasteiger partial charge in [-0.05, 0) is 50.3 Å². The number of aromatic nitrogens is 2. The summed E-state index contributed by atoms with van der Waals surface area (Å²) in [5, 5.41) is 4.48. The lowest BCUT2D eigenvalue weighted by Crippen LogP contribution is -2.31. The zero-order valence-corrected chi connectivity index (χ0v) is 11.7. The summed E-state index contributed by atoms with van der Waals surface area (Å²) in [4.78, 5) is 0. The third kappa shape index (κ3) is 2.69. The van der Waals surface area contributed by atoms with E-state index in [1.807, 2.05) is 11.7 Å².